The molecule has 98 valence electrons. The summed E-state index contributed by atoms with van der Waals surface area (Å²) in [5, 5.41) is 2.59. The second kappa shape index (κ2) is 7.65. The molecule has 1 aromatic heterocycles. The van der Waals surface area contributed by atoms with Crippen LogP contribution in [0.25, 0.3) is 0 Å². The topological polar surface area (TPSA) is 81.2 Å². The number of rotatable bonds is 6. The highest BCUT2D eigenvalue weighted by molar-refractivity contribution is 7.98. The molecule has 1 rings (SSSR count). The second-order valence-electron chi connectivity index (χ2n) is 3.42. The van der Waals surface area contributed by atoms with Gasteiger partial charge in [-0.25, -0.2) is 9.78 Å². The molecule has 0 bridgehead atoms. The molecule has 1 amide bonds. The first-order valence-electron chi connectivity index (χ1n) is 5.32. The molecule has 7 heteroatoms. The van der Waals surface area contributed by atoms with Crippen molar-refractivity contribution in [1.29, 1.82) is 0 Å². The number of hydrogen-bond acceptors (Lipinski definition) is 6. The number of esters is 1. The van der Waals surface area contributed by atoms with Crippen LogP contribution in [0.2, 0.25) is 0 Å². The van der Waals surface area contributed by atoms with Crippen LogP contribution >= 0.6 is 11.8 Å². The predicted octanol–water partition coefficient (Wildman–Crippen LogP) is 0.501. The summed E-state index contributed by atoms with van der Waals surface area (Å²) in [7, 11) is 1.29. The van der Waals surface area contributed by atoms with Crippen molar-refractivity contribution in [3.05, 3.63) is 24.3 Å². The van der Waals surface area contributed by atoms with Crippen LogP contribution in [0.15, 0.2) is 18.6 Å². The van der Waals surface area contributed by atoms with Crippen LogP contribution in [-0.4, -0.2) is 47.0 Å². The Balaban J connectivity index is 2.65. The number of thioether (sulfide) groups is 1. The molecule has 6 nitrogen and oxygen atoms in total. The molecule has 0 spiro atoms. The molecule has 0 saturated carbocycles. The molecular formula is C11H15N3O3S. The summed E-state index contributed by atoms with van der Waals surface area (Å²) in [6.07, 6.45) is 6.68. The highest BCUT2D eigenvalue weighted by atomic mass is 32.2. The van der Waals surface area contributed by atoms with Gasteiger partial charge in [0.1, 0.15) is 11.7 Å². The quantitative estimate of drug-likeness (QED) is 0.757. The number of amides is 1. The van der Waals surface area contributed by atoms with Gasteiger partial charge in [-0.2, -0.15) is 11.8 Å². The van der Waals surface area contributed by atoms with Gasteiger partial charge in [0.05, 0.1) is 13.3 Å². The standard InChI is InChI=1S/C11H15N3O3S/c1-17-11(16)8(3-6-18-2)14-10(15)9-7-12-4-5-13-9/h4-5,7-8H,3,6H2,1-2H3,(H,14,15)/t8-/m0/s1. The highest BCUT2D eigenvalue weighted by Gasteiger charge is 2.22. The molecule has 0 fully saturated rings. The largest absolute Gasteiger partial charge is 0.467 e. The fourth-order valence-corrected chi connectivity index (χ4v) is 1.75. The van der Waals surface area contributed by atoms with Crippen LogP contribution in [-0.2, 0) is 9.53 Å². The van der Waals surface area contributed by atoms with Crippen molar-refractivity contribution in [2.75, 3.05) is 19.1 Å². The van der Waals surface area contributed by atoms with Crippen molar-refractivity contribution in [2.45, 2.75) is 12.5 Å². The molecule has 0 aromatic carbocycles. The minimum Gasteiger partial charge on any atom is -0.467 e. The lowest BCUT2D eigenvalue weighted by Gasteiger charge is -2.15. The van der Waals surface area contributed by atoms with Gasteiger partial charge in [0.25, 0.3) is 5.91 Å². The van der Waals surface area contributed by atoms with Crippen LogP contribution in [0.1, 0.15) is 16.9 Å². The van der Waals surface area contributed by atoms with Gasteiger partial charge < -0.3 is 10.1 Å². The van der Waals surface area contributed by atoms with E-state index in [4.69, 9.17) is 0 Å². The Morgan fingerprint density at radius 3 is 2.83 bits per heavy atom. The average molecular weight is 269 g/mol. The third-order valence-corrected chi connectivity index (χ3v) is 2.84. The van der Waals surface area contributed by atoms with Gasteiger partial charge in [0, 0.05) is 12.4 Å². The number of aromatic nitrogens is 2. The monoisotopic (exact) mass is 269 g/mol. The van der Waals surface area contributed by atoms with E-state index < -0.39 is 17.9 Å². The first-order valence-corrected chi connectivity index (χ1v) is 6.72. The van der Waals surface area contributed by atoms with E-state index in [1.807, 2.05) is 6.26 Å². The minimum atomic E-state index is -0.656. The van der Waals surface area contributed by atoms with E-state index in [-0.39, 0.29) is 5.69 Å². The lowest BCUT2D eigenvalue weighted by Crippen LogP contribution is -2.42. The molecule has 1 heterocycles. The van der Waals surface area contributed by atoms with E-state index in [0.29, 0.717) is 6.42 Å². The van der Waals surface area contributed by atoms with Crippen molar-refractivity contribution in [3.63, 3.8) is 0 Å². The summed E-state index contributed by atoms with van der Waals surface area (Å²) < 4.78 is 4.65. The number of carbonyl (C=O) groups excluding carboxylic acids is 2. The SMILES string of the molecule is COC(=O)[C@H](CCSC)NC(=O)c1cnccn1. The third kappa shape index (κ3) is 4.33. The van der Waals surface area contributed by atoms with Crippen LogP contribution in [0.3, 0.4) is 0 Å². The summed E-state index contributed by atoms with van der Waals surface area (Å²) in [4.78, 5) is 31.0. The van der Waals surface area contributed by atoms with Crippen molar-refractivity contribution >= 4 is 23.6 Å². The summed E-state index contributed by atoms with van der Waals surface area (Å²) in [5.41, 5.74) is 0.176. The number of ether oxygens (including phenoxy) is 1. The zero-order valence-electron chi connectivity index (χ0n) is 10.3. The van der Waals surface area contributed by atoms with Gasteiger partial charge >= 0.3 is 5.97 Å². The molecule has 0 aliphatic carbocycles. The second-order valence-corrected chi connectivity index (χ2v) is 4.41. The summed E-state index contributed by atoms with van der Waals surface area (Å²) in [5.74, 6) is -0.138. The molecule has 0 unspecified atom stereocenters. The van der Waals surface area contributed by atoms with Gasteiger partial charge in [-0.15, -0.1) is 0 Å². The van der Waals surface area contributed by atoms with Crippen LogP contribution in [0.5, 0.6) is 0 Å². The maximum atomic E-state index is 11.8. The Morgan fingerprint density at radius 2 is 2.28 bits per heavy atom. The fourth-order valence-electron chi connectivity index (χ4n) is 1.28. The Morgan fingerprint density at radius 1 is 1.50 bits per heavy atom. The van der Waals surface area contributed by atoms with Crippen LogP contribution < -0.4 is 5.32 Å². The van der Waals surface area contributed by atoms with Crippen LogP contribution in [0, 0.1) is 0 Å². The number of nitrogens with one attached hydrogen (secondary N) is 1. The normalized spacial score (nSPS) is 11.7. The average Bonchev–Trinajstić information content (AvgIpc) is 2.43. The third-order valence-electron chi connectivity index (χ3n) is 2.20. The lowest BCUT2D eigenvalue weighted by atomic mass is 10.2. The van der Waals surface area contributed by atoms with Crippen molar-refractivity contribution in [2.24, 2.45) is 0 Å². The van der Waals surface area contributed by atoms with E-state index >= 15 is 0 Å². The molecular weight excluding hydrogens is 254 g/mol. The summed E-state index contributed by atoms with van der Waals surface area (Å²) >= 11 is 1.59. The van der Waals surface area contributed by atoms with Gasteiger partial charge in [0.15, 0.2) is 0 Å². The van der Waals surface area contributed by atoms with E-state index in [1.54, 1.807) is 11.8 Å². The van der Waals surface area contributed by atoms with Gasteiger partial charge in [0.2, 0.25) is 0 Å². The Labute approximate surface area is 110 Å². The minimum absolute atomic E-state index is 0.176. The van der Waals surface area contributed by atoms with Gasteiger partial charge in [-0.05, 0) is 18.4 Å². The molecule has 1 N–H and O–H groups in total. The highest BCUT2D eigenvalue weighted by Crippen LogP contribution is 2.03. The molecule has 0 saturated heterocycles. The van der Waals surface area contributed by atoms with Crippen molar-refractivity contribution in [1.82, 2.24) is 15.3 Å². The van der Waals surface area contributed by atoms with Crippen molar-refractivity contribution < 1.29 is 14.3 Å². The fraction of sp³-hybridized carbons (Fsp3) is 0.455. The smallest absolute Gasteiger partial charge is 0.328 e. The maximum Gasteiger partial charge on any atom is 0.328 e. The molecule has 0 radical (unpaired) electrons. The zero-order chi connectivity index (χ0) is 13.4. The molecule has 0 aliphatic rings. The number of methoxy groups -OCH3 is 1. The molecule has 18 heavy (non-hydrogen) atoms. The maximum absolute atomic E-state index is 11.8. The number of hydrogen-bond donors (Lipinski definition) is 1. The number of carbonyl (C=O) groups is 2. The first-order chi connectivity index (χ1) is 8.69. The molecule has 1 atom stereocenters. The van der Waals surface area contributed by atoms with Gasteiger partial charge in [-0.3, -0.25) is 9.78 Å². The van der Waals surface area contributed by atoms with E-state index in [0.717, 1.165) is 5.75 Å². The van der Waals surface area contributed by atoms with E-state index in [1.165, 1.54) is 25.7 Å². The van der Waals surface area contributed by atoms with E-state index in [2.05, 4.69) is 20.0 Å². The summed E-state index contributed by atoms with van der Waals surface area (Å²) in [6.45, 7) is 0. The zero-order valence-corrected chi connectivity index (χ0v) is 11.1. The number of nitrogens with zero attached hydrogens (tertiary/aromatic N) is 2. The summed E-state index contributed by atoms with van der Waals surface area (Å²) in [6, 6.07) is -0.656. The van der Waals surface area contributed by atoms with Gasteiger partial charge in [-0.1, -0.05) is 0 Å². The molecule has 0 aliphatic heterocycles. The predicted molar refractivity (Wildman–Crippen MR) is 68.3 cm³/mol. The Bertz CT molecular complexity index is 400. The Hall–Kier alpha value is -1.63. The Kier molecular flexibility index (Phi) is 6.13. The van der Waals surface area contributed by atoms with Crippen molar-refractivity contribution in [3.8, 4) is 0 Å². The van der Waals surface area contributed by atoms with Crippen LogP contribution in [0.4, 0.5) is 0 Å². The first kappa shape index (κ1) is 14.4. The van der Waals surface area contributed by atoms with E-state index in [9.17, 15) is 9.59 Å². The lowest BCUT2D eigenvalue weighted by molar-refractivity contribution is -0.142. The molecule has 1 aromatic rings.